The van der Waals surface area contributed by atoms with Crippen LogP contribution in [0.2, 0.25) is 0 Å². The molecule has 9 rings (SSSR count). The molecule has 0 aliphatic carbocycles. The Kier molecular flexibility index (Phi) is 6.46. The van der Waals surface area contributed by atoms with Gasteiger partial charge in [0.05, 0.1) is 11.0 Å². The van der Waals surface area contributed by atoms with E-state index in [9.17, 15) is 0 Å². The van der Waals surface area contributed by atoms with Gasteiger partial charge >= 0.3 is 0 Å². The molecule has 9 aromatic rings. The number of aromatic nitrogens is 3. The molecule has 0 aliphatic heterocycles. The van der Waals surface area contributed by atoms with Crippen LogP contribution in [0, 0.1) is 0 Å². The van der Waals surface area contributed by atoms with Crippen LogP contribution < -0.4 is 0 Å². The van der Waals surface area contributed by atoms with Gasteiger partial charge in [0.25, 0.3) is 0 Å². The summed E-state index contributed by atoms with van der Waals surface area (Å²) in [6, 6.07) is 60.2. The normalized spacial score (nSPS) is 11.4. The second kappa shape index (κ2) is 11.2. The molecule has 0 saturated carbocycles. The minimum absolute atomic E-state index is 0.847. The lowest BCUT2D eigenvalue weighted by Crippen LogP contribution is -1.99. The highest BCUT2D eigenvalue weighted by Gasteiger charge is 2.19. The topological polar surface area (TPSA) is 30.7 Å². The molecule has 0 atom stereocenters. The molecular weight excluding hydrogens is 571 g/mol. The monoisotopic (exact) mass is 599 g/mol. The van der Waals surface area contributed by atoms with Crippen molar-refractivity contribution in [2.45, 2.75) is 0 Å². The van der Waals surface area contributed by atoms with Gasteiger partial charge in [0.1, 0.15) is 11.6 Å². The maximum Gasteiger partial charge on any atom is 0.146 e. The smallest absolute Gasteiger partial charge is 0.146 e. The average molecular weight is 600 g/mol. The van der Waals surface area contributed by atoms with Crippen molar-refractivity contribution in [2.75, 3.05) is 0 Å². The minimum atomic E-state index is 0.847. The van der Waals surface area contributed by atoms with E-state index < -0.39 is 0 Å². The zero-order valence-corrected chi connectivity index (χ0v) is 25.6. The van der Waals surface area contributed by atoms with E-state index in [0.29, 0.717) is 0 Å². The molecule has 0 N–H and O–H groups in total. The summed E-state index contributed by atoms with van der Waals surface area (Å²) in [6.45, 7) is 0. The molecule has 0 spiro atoms. The predicted molar refractivity (Wildman–Crippen MR) is 196 cm³/mol. The molecule has 220 valence electrons. The van der Waals surface area contributed by atoms with Crippen molar-refractivity contribution in [3.63, 3.8) is 0 Å². The highest BCUT2D eigenvalue weighted by atomic mass is 15.1. The maximum atomic E-state index is 5.19. The Bertz CT molecular complexity index is 2540. The first-order valence-corrected chi connectivity index (χ1v) is 15.9. The number of imidazole rings is 1. The summed E-state index contributed by atoms with van der Waals surface area (Å²) in [6.07, 6.45) is 1.83. The van der Waals surface area contributed by atoms with Gasteiger partial charge in [0, 0.05) is 11.8 Å². The molecule has 0 aliphatic rings. The molecule has 0 bridgehead atoms. The lowest BCUT2D eigenvalue weighted by atomic mass is 9.85. The Labute approximate surface area is 273 Å². The van der Waals surface area contributed by atoms with Crippen molar-refractivity contribution in [3.8, 4) is 50.6 Å². The fourth-order valence-electron chi connectivity index (χ4n) is 6.95. The lowest BCUT2D eigenvalue weighted by molar-refractivity contribution is 1.03. The van der Waals surface area contributed by atoms with E-state index in [0.717, 1.165) is 39.4 Å². The number of pyridine rings is 1. The summed E-state index contributed by atoms with van der Waals surface area (Å²) in [5.41, 5.74) is 10.2. The summed E-state index contributed by atoms with van der Waals surface area (Å²) in [4.78, 5) is 9.88. The van der Waals surface area contributed by atoms with Crippen molar-refractivity contribution in [3.05, 3.63) is 176 Å². The maximum absolute atomic E-state index is 5.19. The molecule has 3 nitrogen and oxygen atoms in total. The minimum Gasteiger partial charge on any atom is -0.276 e. The Morgan fingerprint density at radius 3 is 1.55 bits per heavy atom. The SMILES string of the molecule is c1ccc(-c2c3ccccc3c(-c3ccccc3)c3cc(-c4ccc5c(c4)nc(-c4ccccc4)n5-c4ccccn4)ccc23)cc1. The number of benzene rings is 7. The fourth-order valence-corrected chi connectivity index (χ4v) is 6.95. The van der Waals surface area contributed by atoms with Crippen LogP contribution in [0.4, 0.5) is 0 Å². The molecule has 0 unspecified atom stereocenters. The van der Waals surface area contributed by atoms with Crippen LogP contribution in [0.15, 0.2) is 176 Å². The predicted octanol–water partition coefficient (Wildman–Crippen LogP) is 11.4. The first kappa shape index (κ1) is 27.0. The Hall–Kier alpha value is -6.32. The van der Waals surface area contributed by atoms with Crippen LogP contribution in [0.3, 0.4) is 0 Å². The summed E-state index contributed by atoms with van der Waals surface area (Å²) in [5, 5.41) is 4.98. The third-order valence-corrected chi connectivity index (χ3v) is 9.05. The van der Waals surface area contributed by atoms with Crippen LogP contribution in [-0.4, -0.2) is 14.5 Å². The van der Waals surface area contributed by atoms with Gasteiger partial charge in [-0.2, -0.15) is 0 Å². The number of rotatable bonds is 5. The molecule has 47 heavy (non-hydrogen) atoms. The molecule has 0 amide bonds. The molecule has 0 radical (unpaired) electrons. The average Bonchev–Trinajstić information content (AvgIpc) is 3.54. The van der Waals surface area contributed by atoms with Crippen LogP contribution in [0.1, 0.15) is 0 Å². The van der Waals surface area contributed by atoms with E-state index in [4.69, 9.17) is 9.97 Å². The summed E-state index contributed by atoms with van der Waals surface area (Å²) < 4.78 is 2.15. The van der Waals surface area contributed by atoms with Crippen molar-refractivity contribution in [2.24, 2.45) is 0 Å². The van der Waals surface area contributed by atoms with E-state index in [-0.39, 0.29) is 0 Å². The van der Waals surface area contributed by atoms with Gasteiger partial charge in [-0.1, -0.05) is 140 Å². The standard InChI is InChI=1S/C44H29N3/c1-4-14-30(15-5-1)42-35-20-10-11-21-36(35)43(31-16-6-2-7-17-31)38-28-33(23-25-37(38)42)34-24-26-40-39(29-34)46-44(32-18-8-3-9-19-32)47(40)41-22-12-13-27-45-41/h1-29H. The van der Waals surface area contributed by atoms with E-state index in [2.05, 4.69) is 150 Å². The van der Waals surface area contributed by atoms with E-state index >= 15 is 0 Å². The third kappa shape index (κ3) is 4.60. The largest absolute Gasteiger partial charge is 0.276 e. The molecule has 2 heterocycles. The lowest BCUT2D eigenvalue weighted by Gasteiger charge is -2.18. The van der Waals surface area contributed by atoms with E-state index in [1.54, 1.807) is 0 Å². The number of hydrogen-bond acceptors (Lipinski definition) is 2. The Balaban J connectivity index is 1.30. The van der Waals surface area contributed by atoms with Crippen LogP contribution in [-0.2, 0) is 0 Å². The number of nitrogens with zero attached hydrogens (tertiary/aromatic N) is 3. The second-order valence-electron chi connectivity index (χ2n) is 11.8. The molecular formula is C44H29N3. The molecule has 0 fully saturated rings. The zero-order valence-electron chi connectivity index (χ0n) is 25.6. The van der Waals surface area contributed by atoms with Gasteiger partial charge < -0.3 is 0 Å². The van der Waals surface area contributed by atoms with Gasteiger partial charge in [-0.15, -0.1) is 0 Å². The molecule has 2 aromatic heterocycles. The molecule has 3 heteroatoms. The third-order valence-electron chi connectivity index (χ3n) is 9.05. The summed E-state index contributed by atoms with van der Waals surface area (Å²) >= 11 is 0. The van der Waals surface area contributed by atoms with Gasteiger partial charge in [-0.3, -0.25) is 4.57 Å². The van der Waals surface area contributed by atoms with Gasteiger partial charge in [-0.05, 0) is 85.3 Å². The van der Waals surface area contributed by atoms with E-state index in [1.807, 2.05) is 30.5 Å². The zero-order chi connectivity index (χ0) is 31.2. The Morgan fingerprint density at radius 1 is 0.383 bits per heavy atom. The highest BCUT2D eigenvalue weighted by molar-refractivity contribution is 6.22. The fraction of sp³-hybridized carbons (Fsp3) is 0. The summed E-state index contributed by atoms with van der Waals surface area (Å²) in [5.74, 6) is 1.72. The first-order chi connectivity index (χ1) is 23.3. The van der Waals surface area contributed by atoms with Crippen LogP contribution in [0.25, 0.3) is 83.2 Å². The van der Waals surface area contributed by atoms with E-state index in [1.165, 1.54) is 43.8 Å². The number of hydrogen-bond donors (Lipinski definition) is 0. The van der Waals surface area contributed by atoms with Crippen LogP contribution >= 0.6 is 0 Å². The Morgan fingerprint density at radius 2 is 0.915 bits per heavy atom. The molecule has 7 aromatic carbocycles. The van der Waals surface area contributed by atoms with Crippen molar-refractivity contribution in [1.29, 1.82) is 0 Å². The number of fused-ring (bicyclic) bond motifs is 3. The van der Waals surface area contributed by atoms with Crippen molar-refractivity contribution in [1.82, 2.24) is 14.5 Å². The van der Waals surface area contributed by atoms with Gasteiger partial charge in [-0.25, -0.2) is 9.97 Å². The van der Waals surface area contributed by atoms with Crippen molar-refractivity contribution < 1.29 is 0 Å². The van der Waals surface area contributed by atoms with Gasteiger partial charge in [0.2, 0.25) is 0 Å². The quantitative estimate of drug-likeness (QED) is 0.184. The molecule has 0 saturated heterocycles. The van der Waals surface area contributed by atoms with Gasteiger partial charge in [0.15, 0.2) is 0 Å². The first-order valence-electron chi connectivity index (χ1n) is 15.9. The summed E-state index contributed by atoms with van der Waals surface area (Å²) in [7, 11) is 0. The van der Waals surface area contributed by atoms with Crippen LogP contribution in [0.5, 0.6) is 0 Å². The second-order valence-corrected chi connectivity index (χ2v) is 11.8. The van der Waals surface area contributed by atoms with Crippen molar-refractivity contribution >= 4 is 32.6 Å². The highest BCUT2D eigenvalue weighted by Crippen LogP contribution is 2.45.